The summed E-state index contributed by atoms with van der Waals surface area (Å²) in [6.45, 7) is 5.33. The molecule has 5 N–H and O–H groups in total. The number of amides is 3. The lowest BCUT2D eigenvalue weighted by molar-refractivity contribution is -0.127. The van der Waals surface area contributed by atoms with Crippen molar-refractivity contribution >= 4 is 17.7 Å². The molecule has 0 aliphatic heterocycles. The molecule has 1 aromatic heterocycles. The maximum absolute atomic E-state index is 14.0. The Morgan fingerprint density at radius 1 is 0.932 bits per heavy atom. The van der Waals surface area contributed by atoms with Crippen molar-refractivity contribution in [2.24, 2.45) is 5.92 Å². The molecule has 2 rings (SSSR count). The van der Waals surface area contributed by atoms with Gasteiger partial charge >= 0.3 is 0 Å². The summed E-state index contributed by atoms with van der Waals surface area (Å²) in [6.07, 6.45) is 3.40. The quantitative estimate of drug-likeness (QED) is 0.172. The summed E-state index contributed by atoms with van der Waals surface area (Å²) in [7, 11) is 0. The molecule has 0 aliphatic carbocycles. The highest BCUT2D eigenvalue weighted by molar-refractivity contribution is 5.97. The minimum atomic E-state index is -1.78. The van der Waals surface area contributed by atoms with Crippen LogP contribution in [-0.2, 0) is 16.0 Å². The number of carbonyl (C=O) groups excluding carboxylic acids is 3. The molecule has 0 unspecified atom stereocenters. The summed E-state index contributed by atoms with van der Waals surface area (Å²) in [5.41, 5.74) is 0.318. The van der Waals surface area contributed by atoms with Gasteiger partial charge in [0.15, 0.2) is 0 Å². The zero-order chi connectivity index (χ0) is 32.6. The van der Waals surface area contributed by atoms with E-state index in [1.807, 2.05) is 6.07 Å². The number of aromatic nitrogens is 1. The monoisotopic (exact) mass is 615 g/mol. The number of nitrogens with zero attached hydrogens (tertiary/aromatic N) is 2. The summed E-state index contributed by atoms with van der Waals surface area (Å²) < 4.78 is 28.1. The van der Waals surface area contributed by atoms with Crippen LogP contribution in [0.4, 0.5) is 8.78 Å². The first-order valence-corrected chi connectivity index (χ1v) is 14.9. The molecule has 5 atom stereocenters. The molecule has 0 aliphatic rings. The van der Waals surface area contributed by atoms with Crippen molar-refractivity contribution in [1.29, 1.82) is 5.26 Å². The molecule has 0 bridgehead atoms. The van der Waals surface area contributed by atoms with E-state index in [-0.39, 0.29) is 30.4 Å². The predicted octanol–water partition coefficient (Wildman–Crippen LogP) is 3.32. The zero-order valence-electron chi connectivity index (χ0n) is 25.4. The van der Waals surface area contributed by atoms with Crippen LogP contribution in [0.1, 0.15) is 81.6 Å². The first-order chi connectivity index (χ1) is 21.0. The third-order valence-electron chi connectivity index (χ3n) is 7.38. The highest BCUT2D eigenvalue weighted by Gasteiger charge is 2.35. The van der Waals surface area contributed by atoms with Gasteiger partial charge in [-0.2, -0.15) is 5.26 Å². The number of aliphatic hydroxyl groups is 2. The highest BCUT2D eigenvalue weighted by atomic mass is 19.1. The fraction of sp³-hybridized carbons (Fsp3) is 0.531. The molecular formula is C32H43F2N5O5. The van der Waals surface area contributed by atoms with E-state index in [0.717, 1.165) is 37.8 Å². The van der Waals surface area contributed by atoms with E-state index in [9.17, 15) is 38.6 Å². The van der Waals surface area contributed by atoms with Gasteiger partial charge in [0.25, 0.3) is 5.91 Å². The summed E-state index contributed by atoms with van der Waals surface area (Å²) in [5.74, 6) is -3.21. The van der Waals surface area contributed by atoms with Crippen LogP contribution >= 0.6 is 0 Å². The number of halogens is 2. The fourth-order valence-corrected chi connectivity index (χ4v) is 5.28. The van der Waals surface area contributed by atoms with Crippen molar-refractivity contribution in [3.8, 4) is 6.07 Å². The van der Waals surface area contributed by atoms with Gasteiger partial charge in [-0.3, -0.25) is 19.4 Å². The van der Waals surface area contributed by atoms with Crippen molar-refractivity contribution in [3.05, 3.63) is 65.5 Å². The number of pyridine rings is 1. The molecule has 0 saturated carbocycles. The Morgan fingerprint density at radius 2 is 1.57 bits per heavy atom. The Balaban J connectivity index is 2.41. The lowest BCUT2D eigenvalue weighted by atomic mass is 9.90. The minimum Gasteiger partial charge on any atom is -0.388 e. The Morgan fingerprint density at radius 3 is 2.11 bits per heavy atom. The van der Waals surface area contributed by atoms with E-state index in [1.165, 1.54) is 19.3 Å². The highest BCUT2D eigenvalue weighted by Crippen LogP contribution is 2.21. The van der Waals surface area contributed by atoms with Crippen LogP contribution in [0.2, 0.25) is 0 Å². The smallest absolute Gasteiger partial charge is 0.253 e. The second-order valence-electron chi connectivity index (χ2n) is 11.0. The van der Waals surface area contributed by atoms with Crippen molar-refractivity contribution in [2.75, 3.05) is 0 Å². The number of carbonyl (C=O) groups is 3. The molecule has 2 aromatic rings. The van der Waals surface area contributed by atoms with Gasteiger partial charge in [-0.05, 0) is 55.0 Å². The van der Waals surface area contributed by atoms with Crippen molar-refractivity contribution < 1.29 is 33.4 Å². The molecule has 12 heteroatoms. The molecule has 0 radical (unpaired) electrons. The Labute approximate surface area is 257 Å². The van der Waals surface area contributed by atoms with E-state index >= 15 is 0 Å². The van der Waals surface area contributed by atoms with Gasteiger partial charge in [0.1, 0.15) is 29.9 Å². The molecule has 0 spiro atoms. The Bertz CT molecular complexity index is 1230. The topological polar surface area (TPSA) is 164 Å². The largest absolute Gasteiger partial charge is 0.388 e. The number of hydrogen-bond donors (Lipinski definition) is 5. The summed E-state index contributed by atoms with van der Waals surface area (Å²) in [6, 6.07) is 4.13. The molecule has 3 amide bonds. The second kappa shape index (κ2) is 18.7. The molecule has 240 valence electrons. The molecule has 10 nitrogen and oxygen atoms in total. The van der Waals surface area contributed by atoms with E-state index in [1.54, 1.807) is 12.1 Å². The minimum absolute atomic E-state index is 0.0808. The van der Waals surface area contributed by atoms with Gasteiger partial charge in [0, 0.05) is 25.4 Å². The van der Waals surface area contributed by atoms with Gasteiger partial charge in [0.2, 0.25) is 11.8 Å². The van der Waals surface area contributed by atoms with Gasteiger partial charge in [-0.1, -0.05) is 39.5 Å². The lowest BCUT2D eigenvalue weighted by Gasteiger charge is -2.33. The standard InChI is InChI=1S/C32H43F2N5O5/c1-4-7-21(8-5-2)10-11-27(38-31(43)23-9-6-14-36-19-23)32(44)39-28(17-22-15-24(33)18-25(34)16-22)30(42)29(41)26(12-13-35)37-20(3)40/h6,9,14-16,18-19,21,26-30,41-42H,4-5,7-8,10-12,17H2,1-3H3,(H,37,40)(H,38,43)(H,39,44)/t26-,27-,28+,29-,30-/m1/s1. The van der Waals surface area contributed by atoms with Crippen LogP contribution in [-0.4, -0.2) is 63.3 Å². The van der Waals surface area contributed by atoms with Gasteiger partial charge in [0.05, 0.1) is 30.1 Å². The van der Waals surface area contributed by atoms with Crippen LogP contribution in [0.15, 0.2) is 42.7 Å². The van der Waals surface area contributed by atoms with Gasteiger partial charge < -0.3 is 26.2 Å². The van der Waals surface area contributed by atoms with Crippen LogP contribution in [0.5, 0.6) is 0 Å². The third-order valence-corrected chi connectivity index (χ3v) is 7.38. The average Bonchev–Trinajstić information content (AvgIpc) is 2.97. The Kier molecular flexibility index (Phi) is 15.4. The van der Waals surface area contributed by atoms with E-state index in [0.29, 0.717) is 18.4 Å². The van der Waals surface area contributed by atoms with Gasteiger partial charge in [-0.15, -0.1) is 0 Å². The molecule has 1 aromatic carbocycles. The van der Waals surface area contributed by atoms with Crippen LogP contribution in [0.25, 0.3) is 0 Å². The Hall–Kier alpha value is -3.95. The summed E-state index contributed by atoms with van der Waals surface area (Å²) in [4.78, 5) is 42.4. The first kappa shape index (κ1) is 36.2. The van der Waals surface area contributed by atoms with Crippen molar-refractivity contribution in [2.45, 2.75) is 102 Å². The van der Waals surface area contributed by atoms with E-state index in [2.05, 4.69) is 34.8 Å². The predicted molar refractivity (Wildman–Crippen MR) is 160 cm³/mol. The zero-order valence-corrected chi connectivity index (χ0v) is 25.4. The maximum atomic E-state index is 14.0. The maximum Gasteiger partial charge on any atom is 0.253 e. The lowest BCUT2D eigenvalue weighted by Crippen LogP contribution is -2.59. The number of rotatable bonds is 18. The van der Waals surface area contributed by atoms with E-state index in [4.69, 9.17) is 0 Å². The van der Waals surface area contributed by atoms with Crippen LogP contribution in [0.3, 0.4) is 0 Å². The summed E-state index contributed by atoms with van der Waals surface area (Å²) >= 11 is 0. The number of nitriles is 1. The SMILES string of the molecule is CCCC(CCC)CC[C@@H](NC(=O)c1cccnc1)C(=O)N[C@@H](Cc1cc(F)cc(F)c1)[C@@H](O)[C@H](O)[C@@H](CC#N)NC(C)=O. The van der Waals surface area contributed by atoms with Crippen LogP contribution < -0.4 is 16.0 Å². The van der Waals surface area contributed by atoms with E-state index < -0.39 is 59.7 Å². The first-order valence-electron chi connectivity index (χ1n) is 14.9. The third kappa shape index (κ3) is 12.0. The molecule has 1 heterocycles. The molecule has 0 saturated heterocycles. The van der Waals surface area contributed by atoms with Crippen molar-refractivity contribution in [1.82, 2.24) is 20.9 Å². The number of benzene rings is 1. The fourth-order valence-electron chi connectivity index (χ4n) is 5.28. The van der Waals surface area contributed by atoms with Crippen molar-refractivity contribution in [3.63, 3.8) is 0 Å². The number of nitrogens with one attached hydrogen (secondary N) is 3. The second-order valence-corrected chi connectivity index (χ2v) is 11.0. The molecule has 44 heavy (non-hydrogen) atoms. The summed E-state index contributed by atoms with van der Waals surface area (Å²) in [5, 5.41) is 39.2. The number of aliphatic hydroxyl groups excluding tert-OH is 2. The van der Waals surface area contributed by atoms with Gasteiger partial charge in [-0.25, -0.2) is 8.78 Å². The molecular weight excluding hydrogens is 572 g/mol. The molecule has 0 fully saturated rings. The average molecular weight is 616 g/mol. The van der Waals surface area contributed by atoms with Crippen LogP contribution in [0, 0.1) is 28.9 Å². The number of hydrogen-bond acceptors (Lipinski definition) is 7. The normalized spacial score (nSPS) is 14.5.